The molecule has 186 valence electrons. The molecule has 2 atom stereocenters. The molecule has 0 aromatic heterocycles. The molecule has 6 heteroatoms. The van der Waals surface area contributed by atoms with E-state index >= 15 is 0 Å². The zero-order valence-electron chi connectivity index (χ0n) is 20.9. The van der Waals surface area contributed by atoms with Crippen LogP contribution in [-0.4, -0.2) is 54.2 Å². The van der Waals surface area contributed by atoms with Crippen molar-refractivity contribution < 1.29 is 9.59 Å². The number of rotatable bonds is 9. The highest BCUT2D eigenvalue weighted by atomic mass is 32.2. The molecule has 0 bridgehead atoms. The first kappa shape index (κ1) is 25.4. The first-order valence-electron chi connectivity index (χ1n) is 12.9. The SMILES string of the molecule is CCN(CCCNC(=O)CN1C(=O)/C(=C/c2ccccc2)SC2CCCCC21)c1cccc(C)c1. The predicted molar refractivity (Wildman–Crippen MR) is 146 cm³/mol. The maximum Gasteiger partial charge on any atom is 0.261 e. The predicted octanol–water partition coefficient (Wildman–Crippen LogP) is 5.26. The van der Waals surface area contributed by atoms with Crippen LogP contribution < -0.4 is 10.2 Å². The molecule has 4 rings (SSSR count). The molecule has 0 radical (unpaired) electrons. The average molecular weight is 492 g/mol. The van der Waals surface area contributed by atoms with Crippen molar-refractivity contribution in [3.8, 4) is 0 Å². The molecule has 2 aliphatic rings. The molecule has 2 unspecified atom stereocenters. The number of amides is 2. The molecule has 0 spiro atoms. The van der Waals surface area contributed by atoms with Crippen LogP contribution in [0, 0.1) is 6.92 Å². The minimum atomic E-state index is -0.0627. The van der Waals surface area contributed by atoms with E-state index in [1.54, 1.807) is 11.8 Å². The lowest BCUT2D eigenvalue weighted by atomic mass is 9.93. The number of nitrogens with zero attached hydrogens (tertiary/aromatic N) is 2. The molecule has 2 amide bonds. The summed E-state index contributed by atoms with van der Waals surface area (Å²) >= 11 is 1.71. The van der Waals surface area contributed by atoms with Gasteiger partial charge in [-0.25, -0.2) is 0 Å². The Morgan fingerprint density at radius 2 is 1.94 bits per heavy atom. The molecule has 1 aliphatic heterocycles. The van der Waals surface area contributed by atoms with Gasteiger partial charge in [-0.15, -0.1) is 11.8 Å². The number of carbonyl (C=O) groups excluding carboxylic acids is 2. The quantitative estimate of drug-likeness (QED) is 0.384. The summed E-state index contributed by atoms with van der Waals surface area (Å²) in [6.07, 6.45) is 7.23. The first-order chi connectivity index (χ1) is 17.0. The normalized spacial score (nSPS) is 21.0. The van der Waals surface area contributed by atoms with Crippen LogP contribution in [0.5, 0.6) is 0 Å². The van der Waals surface area contributed by atoms with Crippen molar-refractivity contribution >= 4 is 35.3 Å². The van der Waals surface area contributed by atoms with Crippen LogP contribution in [0.1, 0.15) is 50.2 Å². The molecule has 5 nitrogen and oxygen atoms in total. The molecular weight excluding hydrogens is 454 g/mol. The number of nitrogens with one attached hydrogen (secondary N) is 1. The number of hydrogen-bond acceptors (Lipinski definition) is 4. The topological polar surface area (TPSA) is 52.7 Å². The van der Waals surface area contributed by atoms with Crippen LogP contribution in [0.25, 0.3) is 6.08 Å². The van der Waals surface area contributed by atoms with E-state index < -0.39 is 0 Å². The Balaban J connectivity index is 1.34. The monoisotopic (exact) mass is 491 g/mol. The van der Waals surface area contributed by atoms with Crippen molar-refractivity contribution in [2.24, 2.45) is 0 Å². The van der Waals surface area contributed by atoms with Gasteiger partial charge >= 0.3 is 0 Å². The van der Waals surface area contributed by atoms with Crippen LogP contribution in [0.3, 0.4) is 0 Å². The van der Waals surface area contributed by atoms with Crippen LogP contribution in [0.4, 0.5) is 5.69 Å². The van der Waals surface area contributed by atoms with Gasteiger partial charge in [-0.3, -0.25) is 9.59 Å². The lowest BCUT2D eigenvalue weighted by Gasteiger charge is -2.43. The number of carbonyl (C=O) groups is 2. The van der Waals surface area contributed by atoms with Crippen molar-refractivity contribution in [1.29, 1.82) is 0 Å². The molecule has 1 N–H and O–H groups in total. The average Bonchev–Trinajstić information content (AvgIpc) is 2.87. The summed E-state index contributed by atoms with van der Waals surface area (Å²) < 4.78 is 0. The third-order valence-electron chi connectivity index (χ3n) is 6.90. The van der Waals surface area contributed by atoms with Crippen LogP contribution in [-0.2, 0) is 9.59 Å². The fourth-order valence-corrected chi connectivity index (χ4v) is 6.54. The second-order valence-corrected chi connectivity index (χ2v) is 10.8. The third-order valence-corrected chi connectivity index (χ3v) is 8.30. The van der Waals surface area contributed by atoms with E-state index in [0.29, 0.717) is 11.8 Å². The summed E-state index contributed by atoms with van der Waals surface area (Å²) in [5.41, 5.74) is 3.49. The number of aryl methyl sites for hydroxylation is 1. The van der Waals surface area contributed by atoms with E-state index in [1.165, 1.54) is 17.7 Å². The zero-order valence-corrected chi connectivity index (χ0v) is 21.7. The Hall–Kier alpha value is -2.73. The minimum absolute atomic E-state index is 0.00578. The standard InChI is InChI=1S/C29H37N3O2S/c1-3-31(24-14-9-11-22(2)19-24)18-10-17-30-28(33)21-32-25-15-7-8-16-26(25)35-27(29(32)34)20-23-12-5-4-6-13-23/h4-6,9,11-14,19-20,25-26H,3,7-8,10,15-18,21H2,1-2H3,(H,30,33)/b27-20-. The fraction of sp³-hybridized carbons (Fsp3) is 0.448. The number of fused-ring (bicyclic) bond motifs is 1. The minimum Gasteiger partial charge on any atom is -0.372 e. The van der Waals surface area contributed by atoms with E-state index in [1.807, 2.05) is 41.3 Å². The molecule has 2 fully saturated rings. The largest absolute Gasteiger partial charge is 0.372 e. The van der Waals surface area contributed by atoms with Crippen molar-refractivity contribution in [1.82, 2.24) is 10.2 Å². The van der Waals surface area contributed by atoms with Gasteiger partial charge in [0.2, 0.25) is 5.91 Å². The molecule has 2 aromatic carbocycles. The maximum absolute atomic E-state index is 13.4. The summed E-state index contributed by atoms with van der Waals surface area (Å²) in [7, 11) is 0. The van der Waals surface area contributed by atoms with E-state index in [2.05, 4.69) is 48.3 Å². The number of hydrogen-bond donors (Lipinski definition) is 1. The maximum atomic E-state index is 13.4. The lowest BCUT2D eigenvalue weighted by molar-refractivity contribution is -0.135. The highest BCUT2D eigenvalue weighted by molar-refractivity contribution is 8.04. The first-order valence-corrected chi connectivity index (χ1v) is 13.8. The molecular formula is C29H37N3O2S. The second-order valence-electron chi connectivity index (χ2n) is 9.48. The smallest absolute Gasteiger partial charge is 0.261 e. The summed E-state index contributed by atoms with van der Waals surface area (Å²) in [4.78, 5) is 31.2. The third kappa shape index (κ3) is 6.69. The van der Waals surface area contributed by atoms with Gasteiger partial charge in [0.25, 0.3) is 5.91 Å². The number of benzene rings is 2. The Morgan fingerprint density at radius 3 is 2.71 bits per heavy atom. The van der Waals surface area contributed by atoms with Gasteiger partial charge < -0.3 is 15.1 Å². The van der Waals surface area contributed by atoms with Gasteiger partial charge in [0, 0.05) is 36.6 Å². The number of anilines is 1. The summed E-state index contributed by atoms with van der Waals surface area (Å²) in [6, 6.07) is 18.7. The van der Waals surface area contributed by atoms with E-state index in [9.17, 15) is 9.59 Å². The van der Waals surface area contributed by atoms with E-state index in [0.717, 1.165) is 49.2 Å². The van der Waals surface area contributed by atoms with Crippen LogP contribution in [0.2, 0.25) is 0 Å². The molecule has 2 aromatic rings. The summed E-state index contributed by atoms with van der Waals surface area (Å²) in [5, 5.41) is 3.44. The van der Waals surface area contributed by atoms with Crippen LogP contribution in [0.15, 0.2) is 59.5 Å². The van der Waals surface area contributed by atoms with Gasteiger partial charge in [0.1, 0.15) is 6.54 Å². The highest BCUT2D eigenvalue weighted by Gasteiger charge is 2.41. The Morgan fingerprint density at radius 1 is 1.14 bits per heavy atom. The molecule has 1 heterocycles. The van der Waals surface area contributed by atoms with Crippen molar-refractivity contribution in [3.05, 3.63) is 70.6 Å². The molecule has 35 heavy (non-hydrogen) atoms. The van der Waals surface area contributed by atoms with Crippen LogP contribution >= 0.6 is 11.8 Å². The number of thioether (sulfide) groups is 1. The van der Waals surface area contributed by atoms with E-state index in [-0.39, 0.29) is 24.4 Å². The van der Waals surface area contributed by atoms with Gasteiger partial charge in [-0.2, -0.15) is 0 Å². The Labute approximate surface area is 214 Å². The molecule has 1 saturated carbocycles. The molecule has 1 aliphatic carbocycles. The van der Waals surface area contributed by atoms with Gasteiger partial charge in [-0.05, 0) is 62.4 Å². The van der Waals surface area contributed by atoms with Gasteiger partial charge in [-0.1, -0.05) is 55.3 Å². The second kappa shape index (κ2) is 12.3. The summed E-state index contributed by atoms with van der Waals surface area (Å²) in [6.45, 7) is 6.82. The fourth-order valence-electron chi connectivity index (χ4n) is 5.07. The Kier molecular flexibility index (Phi) is 8.91. The van der Waals surface area contributed by atoms with Gasteiger partial charge in [0.15, 0.2) is 0 Å². The highest BCUT2D eigenvalue weighted by Crippen LogP contribution is 2.42. The zero-order chi connectivity index (χ0) is 24.6. The lowest BCUT2D eigenvalue weighted by Crippen LogP contribution is -2.54. The van der Waals surface area contributed by atoms with Gasteiger partial charge in [0.05, 0.1) is 4.91 Å². The van der Waals surface area contributed by atoms with Crippen molar-refractivity contribution in [2.75, 3.05) is 31.1 Å². The molecule has 1 saturated heterocycles. The Bertz CT molecular complexity index is 1040. The van der Waals surface area contributed by atoms with Crippen molar-refractivity contribution in [2.45, 2.75) is 57.2 Å². The van der Waals surface area contributed by atoms with Crippen molar-refractivity contribution in [3.63, 3.8) is 0 Å². The summed E-state index contributed by atoms with van der Waals surface area (Å²) in [5.74, 6) is -0.0685. The van der Waals surface area contributed by atoms with E-state index in [4.69, 9.17) is 0 Å².